The molecule has 0 saturated carbocycles. The highest BCUT2D eigenvalue weighted by molar-refractivity contribution is 7.89. The Labute approximate surface area is 126 Å². The molecule has 8 heteroatoms. The summed E-state index contributed by atoms with van der Waals surface area (Å²) in [7, 11) is -3.53. The van der Waals surface area contributed by atoms with Gasteiger partial charge in [-0.3, -0.25) is 0 Å². The monoisotopic (exact) mass is 316 g/mol. The van der Waals surface area contributed by atoms with E-state index in [1.807, 2.05) is 6.92 Å². The molecule has 1 aromatic rings. The summed E-state index contributed by atoms with van der Waals surface area (Å²) in [4.78, 5) is 7.76. The van der Waals surface area contributed by atoms with Gasteiger partial charge < -0.3 is 5.32 Å². The van der Waals surface area contributed by atoms with Crippen molar-refractivity contribution in [1.29, 1.82) is 0 Å². The molecule has 1 aromatic heterocycles. The van der Waals surface area contributed by atoms with Gasteiger partial charge in [-0.25, -0.2) is 23.1 Å². The summed E-state index contributed by atoms with van der Waals surface area (Å²) in [6.45, 7) is 6.19. The quantitative estimate of drug-likeness (QED) is 0.560. The Morgan fingerprint density at radius 2 is 1.95 bits per heavy atom. The highest BCUT2D eigenvalue weighted by atomic mass is 32.2. The van der Waals surface area contributed by atoms with E-state index in [-0.39, 0.29) is 5.03 Å². The van der Waals surface area contributed by atoms with E-state index in [4.69, 9.17) is 0 Å². The molecule has 0 radical (unpaired) electrons. The Morgan fingerprint density at radius 3 is 2.40 bits per heavy atom. The van der Waals surface area contributed by atoms with Crippen molar-refractivity contribution in [2.24, 2.45) is 0 Å². The van der Waals surface area contributed by atoms with Gasteiger partial charge in [0.15, 0.2) is 5.03 Å². The van der Waals surface area contributed by atoms with Crippen LogP contribution in [0.4, 0.5) is 5.82 Å². The fraction of sp³-hybridized carbons (Fsp3) is 0.500. The van der Waals surface area contributed by atoms with Crippen LogP contribution >= 0.6 is 12.6 Å². The summed E-state index contributed by atoms with van der Waals surface area (Å²) < 4.78 is 25.4. The summed E-state index contributed by atoms with van der Waals surface area (Å²) >= 11 is 3.79. The normalized spacial score (nSPS) is 9.80. The first-order valence-electron chi connectivity index (χ1n) is 6.07. The van der Waals surface area contributed by atoms with Crippen molar-refractivity contribution in [2.75, 3.05) is 24.2 Å². The van der Waals surface area contributed by atoms with Gasteiger partial charge >= 0.3 is 0 Å². The predicted molar refractivity (Wildman–Crippen MR) is 84.4 cm³/mol. The number of aromatic nitrogens is 2. The van der Waals surface area contributed by atoms with Gasteiger partial charge in [-0.05, 0) is 12.7 Å². The Kier molecular flexibility index (Phi) is 9.80. The van der Waals surface area contributed by atoms with Gasteiger partial charge in [0.2, 0.25) is 0 Å². The van der Waals surface area contributed by atoms with E-state index >= 15 is 0 Å². The molecule has 0 saturated heterocycles. The van der Waals surface area contributed by atoms with Gasteiger partial charge in [-0.2, -0.15) is 12.6 Å². The molecule has 0 unspecified atom stereocenters. The fourth-order valence-corrected chi connectivity index (χ4v) is 1.94. The van der Waals surface area contributed by atoms with Crippen molar-refractivity contribution in [3.63, 3.8) is 0 Å². The molecule has 0 fully saturated rings. The standard InChI is InChI=1S/C10H14N4O2S.C2H6S/c1-3-5-6-11-9-7-13-10(8-12-9)17(15,16)14-4-2;1-2-3/h7-8,14H,4,6H2,1-2H3,(H,11,12);3H,2H2,1H3. The molecule has 0 aliphatic heterocycles. The Hall–Kier alpha value is -1.30. The molecule has 0 amide bonds. The highest BCUT2D eigenvalue weighted by Gasteiger charge is 2.14. The van der Waals surface area contributed by atoms with Crippen LogP contribution < -0.4 is 10.0 Å². The zero-order valence-electron chi connectivity index (χ0n) is 11.8. The first kappa shape index (κ1) is 18.7. The maximum atomic E-state index is 11.5. The second-order valence-electron chi connectivity index (χ2n) is 3.34. The van der Waals surface area contributed by atoms with E-state index in [1.165, 1.54) is 12.4 Å². The first-order chi connectivity index (χ1) is 9.51. The Balaban J connectivity index is 0.00000110. The van der Waals surface area contributed by atoms with Crippen molar-refractivity contribution in [1.82, 2.24) is 14.7 Å². The van der Waals surface area contributed by atoms with Crippen molar-refractivity contribution in [2.45, 2.75) is 25.8 Å². The van der Waals surface area contributed by atoms with E-state index in [2.05, 4.69) is 44.5 Å². The van der Waals surface area contributed by atoms with Crippen LogP contribution in [0.2, 0.25) is 0 Å². The summed E-state index contributed by atoms with van der Waals surface area (Å²) in [6.07, 6.45) is 2.57. The lowest BCUT2D eigenvalue weighted by atomic mass is 10.5. The minimum Gasteiger partial charge on any atom is -0.358 e. The maximum absolute atomic E-state index is 11.5. The molecular weight excluding hydrogens is 296 g/mol. The second-order valence-corrected chi connectivity index (χ2v) is 5.68. The summed E-state index contributed by atoms with van der Waals surface area (Å²) in [5.41, 5.74) is 0. The van der Waals surface area contributed by atoms with Gasteiger partial charge in [0, 0.05) is 6.54 Å². The Bertz CT molecular complexity index is 533. The topological polar surface area (TPSA) is 84.0 Å². The van der Waals surface area contributed by atoms with E-state index in [0.29, 0.717) is 18.9 Å². The van der Waals surface area contributed by atoms with E-state index in [1.54, 1.807) is 13.8 Å². The molecule has 6 nitrogen and oxygen atoms in total. The third kappa shape index (κ3) is 7.33. The molecular formula is C12H20N4O2S2. The molecule has 0 aliphatic rings. The number of anilines is 1. The molecule has 0 bridgehead atoms. The third-order valence-corrected chi connectivity index (χ3v) is 3.20. The molecule has 0 spiro atoms. The van der Waals surface area contributed by atoms with Gasteiger partial charge in [0.25, 0.3) is 10.0 Å². The van der Waals surface area contributed by atoms with Crippen molar-refractivity contribution in [3.8, 4) is 11.8 Å². The minimum atomic E-state index is -3.53. The summed E-state index contributed by atoms with van der Waals surface area (Å²) in [6, 6.07) is 0. The largest absolute Gasteiger partial charge is 0.358 e. The number of nitrogens with one attached hydrogen (secondary N) is 2. The number of sulfonamides is 1. The lowest BCUT2D eigenvalue weighted by Crippen LogP contribution is -2.24. The van der Waals surface area contributed by atoms with Gasteiger partial charge in [0.1, 0.15) is 5.82 Å². The van der Waals surface area contributed by atoms with E-state index in [0.717, 1.165) is 5.75 Å². The maximum Gasteiger partial charge on any atom is 0.259 e. The highest BCUT2D eigenvalue weighted by Crippen LogP contribution is 2.05. The predicted octanol–water partition coefficient (Wildman–Crippen LogP) is 1.15. The molecule has 2 N–H and O–H groups in total. The molecule has 1 rings (SSSR count). The molecule has 20 heavy (non-hydrogen) atoms. The minimum absolute atomic E-state index is 0.0912. The van der Waals surface area contributed by atoms with Crippen LogP contribution in [0.5, 0.6) is 0 Å². The van der Waals surface area contributed by atoms with Crippen molar-refractivity contribution < 1.29 is 8.42 Å². The third-order valence-electron chi connectivity index (χ3n) is 1.77. The number of hydrogen-bond donors (Lipinski definition) is 3. The number of thiol groups is 1. The smallest absolute Gasteiger partial charge is 0.259 e. The average molecular weight is 316 g/mol. The number of hydrogen-bond acceptors (Lipinski definition) is 6. The van der Waals surface area contributed by atoms with Crippen LogP contribution in [0, 0.1) is 11.8 Å². The summed E-state index contributed by atoms with van der Waals surface area (Å²) in [5.74, 6) is 6.96. The zero-order chi connectivity index (χ0) is 15.4. The number of nitrogens with zero attached hydrogens (tertiary/aromatic N) is 2. The van der Waals surface area contributed by atoms with Crippen molar-refractivity contribution >= 4 is 28.5 Å². The fourth-order valence-electron chi connectivity index (χ4n) is 1.03. The summed E-state index contributed by atoms with van der Waals surface area (Å²) in [5, 5.41) is 2.80. The van der Waals surface area contributed by atoms with Gasteiger partial charge in [-0.15, -0.1) is 5.92 Å². The van der Waals surface area contributed by atoms with Crippen LogP contribution in [-0.2, 0) is 10.0 Å². The van der Waals surface area contributed by atoms with E-state index in [9.17, 15) is 8.42 Å². The average Bonchev–Trinajstić information content (AvgIpc) is 2.40. The molecule has 112 valence electrons. The van der Waals surface area contributed by atoms with Crippen molar-refractivity contribution in [3.05, 3.63) is 12.4 Å². The zero-order valence-corrected chi connectivity index (χ0v) is 13.6. The van der Waals surface area contributed by atoms with Crippen LogP contribution in [0.3, 0.4) is 0 Å². The molecule has 0 atom stereocenters. The first-order valence-corrected chi connectivity index (χ1v) is 8.19. The lowest BCUT2D eigenvalue weighted by Gasteiger charge is -2.04. The van der Waals surface area contributed by atoms with Crippen LogP contribution in [-0.4, -0.2) is 37.2 Å². The molecule has 0 aromatic carbocycles. The second kappa shape index (κ2) is 10.5. The molecule has 1 heterocycles. The lowest BCUT2D eigenvalue weighted by molar-refractivity contribution is 0.579. The van der Waals surface area contributed by atoms with Crippen LogP contribution in [0.25, 0.3) is 0 Å². The Morgan fingerprint density at radius 1 is 1.30 bits per heavy atom. The number of rotatable bonds is 5. The SMILES string of the molecule is CC#CCNc1cnc(S(=O)(=O)NCC)cn1.CCS. The van der Waals surface area contributed by atoms with Gasteiger partial charge in [-0.1, -0.05) is 19.8 Å². The van der Waals surface area contributed by atoms with Crippen LogP contribution in [0.1, 0.15) is 20.8 Å². The molecule has 0 aliphatic carbocycles. The van der Waals surface area contributed by atoms with E-state index < -0.39 is 10.0 Å². The van der Waals surface area contributed by atoms with Crippen LogP contribution in [0.15, 0.2) is 17.4 Å². The van der Waals surface area contributed by atoms with Gasteiger partial charge in [0.05, 0.1) is 18.9 Å².